The predicted octanol–water partition coefficient (Wildman–Crippen LogP) is 2.73. The van der Waals surface area contributed by atoms with E-state index in [-0.39, 0.29) is 5.69 Å². The highest BCUT2D eigenvalue weighted by Crippen LogP contribution is 2.11. The molecule has 102 valence electrons. The Hall–Kier alpha value is -2.89. The van der Waals surface area contributed by atoms with Crippen LogP contribution >= 0.6 is 0 Å². The number of rotatable bonds is 3. The van der Waals surface area contributed by atoms with E-state index in [1.165, 1.54) is 18.3 Å². The maximum atomic E-state index is 11.7. The Bertz CT molecular complexity index is 638. The lowest BCUT2D eigenvalue weighted by atomic mass is 10.2. The summed E-state index contributed by atoms with van der Waals surface area (Å²) in [5, 5.41) is 14.0. The molecule has 20 heavy (non-hydrogen) atoms. The summed E-state index contributed by atoms with van der Waals surface area (Å²) in [6.07, 6.45) is 1.29. The highest BCUT2D eigenvalue weighted by molar-refractivity contribution is 5.99. The number of nitrogens with zero attached hydrogens (tertiary/aromatic N) is 1. The van der Waals surface area contributed by atoms with E-state index in [1.54, 1.807) is 6.07 Å². The van der Waals surface area contributed by atoms with Gasteiger partial charge in [-0.05, 0) is 36.8 Å². The smallest absolute Gasteiger partial charge is 0.354 e. The van der Waals surface area contributed by atoms with Gasteiger partial charge in [0.15, 0.2) is 0 Å². The molecule has 0 unspecified atom stereocenters. The van der Waals surface area contributed by atoms with Crippen LogP contribution in [-0.2, 0) is 0 Å². The lowest BCUT2D eigenvalue weighted by Gasteiger charge is -2.08. The Morgan fingerprint density at radius 1 is 1.10 bits per heavy atom. The minimum Gasteiger partial charge on any atom is -0.477 e. The quantitative estimate of drug-likeness (QED) is 0.800. The van der Waals surface area contributed by atoms with Crippen LogP contribution in [0.3, 0.4) is 0 Å². The van der Waals surface area contributed by atoms with Crippen molar-refractivity contribution < 1.29 is 14.7 Å². The summed E-state index contributed by atoms with van der Waals surface area (Å²) in [6, 6.07) is 9.77. The van der Waals surface area contributed by atoms with Gasteiger partial charge >= 0.3 is 12.0 Å². The molecular formula is C14H13N3O3. The molecule has 0 atom stereocenters. The summed E-state index contributed by atoms with van der Waals surface area (Å²) in [5.74, 6) is -1.11. The molecule has 2 rings (SSSR count). The van der Waals surface area contributed by atoms with Crippen molar-refractivity contribution in [3.63, 3.8) is 0 Å². The van der Waals surface area contributed by atoms with Gasteiger partial charge in [-0.1, -0.05) is 12.1 Å². The summed E-state index contributed by atoms with van der Waals surface area (Å²) in [7, 11) is 0. The Morgan fingerprint density at radius 3 is 2.45 bits per heavy atom. The Kier molecular flexibility index (Phi) is 3.95. The third-order valence-corrected chi connectivity index (χ3v) is 2.52. The first-order chi connectivity index (χ1) is 9.54. The molecule has 6 nitrogen and oxygen atoms in total. The molecule has 0 saturated heterocycles. The predicted molar refractivity (Wildman–Crippen MR) is 75.0 cm³/mol. The first-order valence-corrected chi connectivity index (χ1v) is 5.88. The number of benzene rings is 1. The summed E-state index contributed by atoms with van der Waals surface area (Å²) >= 11 is 0. The minimum absolute atomic E-state index is 0.0744. The number of amides is 2. The molecule has 1 aromatic heterocycles. The number of carbonyl (C=O) groups excluding carboxylic acids is 1. The number of hydrogen-bond donors (Lipinski definition) is 3. The molecule has 0 aliphatic rings. The van der Waals surface area contributed by atoms with E-state index in [2.05, 4.69) is 15.6 Å². The van der Waals surface area contributed by atoms with Crippen molar-refractivity contribution in [2.45, 2.75) is 6.92 Å². The summed E-state index contributed by atoms with van der Waals surface area (Å²) in [6.45, 7) is 1.93. The topological polar surface area (TPSA) is 91.3 Å². The third kappa shape index (κ3) is 3.55. The van der Waals surface area contributed by atoms with Gasteiger partial charge in [-0.25, -0.2) is 14.6 Å². The molecule has 0 aliphatic carbocycles. The molecule has 1 aromatic carbocycles. The monoisotopic (exact) mass is 271 g/mol. The molecule has 0 bridgehead atoms. The molecule has 0 spiro atoms. The minimum atomic E-state index is -1.11. The molecule has 2 aromatic rings. The first-order valence-electron chi connectivity index (χ1n) is 5.88. The van der Waals surface area contributed by atoms with Crippen LogP contribution in [0.2, 0.25) is 0 Å². The number of hydrogen-bond acceptors (Lipinski definition) is 3. The van der Waals surface area contributed by atoms with Crippen LogP contribution in [0.15, 0.2) is 42.6 Å². The van der Waals surface area contributed by atoms with Crippen molar-refractivity contribution in [2.24, 2.45) is 0 Å². The van der Waals surface area contributed by atoms with Gasteiger partial charge in [0.2, 0.25) is 0 Å². The summed E-state index contributed by atoms with van der Waals surface area (Å²) < 4.78 is 0. The number of pyridine rings is 1. The Morgan fingerprint density at radius 2 is 1.85 bits per heavy atom. The number of urea groups is 1. The molecule has 0 fully saturated rings. The average molecular weight is 271 g/mol. The number of nitrogens with one attached hydrogen (secondary N) is 2. The second-order valence-electron chi connectivity index (χ2n) is 4.19. The van der Waals surface area contributed by atoms with E-state index in [0.29, 0.717) is 11.4 Å². The Labute approximate surface area is 115 Å². The fourth-order valence-electron chi connectivity index (χ4n) is 1.61. The average Bonchev–Trinajstić information content (AvgIpc) is 2.39. The number of aryl methyl sites for hydroxylation is 1. The number of carbonyl (C=O) groups is 2. The molecule has 2 amide bonds. The van der Waals surface area contributed by atoms with E-state index in [1.807, 2.05) is 25.1 Å². The largest absolute Gasteiger partial charge is 0.477 e. The lowest BCUT2D eigenvalue weighted by molar-refractivity contribution is 0.0690. The number of aromatic carboxylic acids is 1. The van der Waals surface area contributed by atoms with Crippen molar-refractivity contribution >= 4 is 23.4 Å². The summed E-state index contributed by atoms with van der Waals surface area (Å²) in [5.41, 5.74) is 2.06. The zero-order chi connectivity index (χ0) is 14.5. The molecular weight excluding hydrogens is 258 g/mol. The van der Waals surface area contributed by atoms with E-state index in [0.717, 1.165) is 5.56 Å². The van der Waals surface area contributed by atoms with Crippen molar-refractivity contribution in [2.75, 3.05) is 10.6 Å². The zero-order valence-electron chi connectivity index (χ0n) is 10.8. The van der Waals surface area contributed by atoms with Crippen LogP contribution in [0.1, 0.15) is 16.1 Å². The zero-order valence-corrected chi connectivity index (χ0v) is 10.8. The number of carboxylic acids is 1. The van der Waals surface area contributed by atoms with Gasteiger partial charge < -0.3 is 15.7 Å². The second kappa shape index (κ2) is 5.83. The fourth-order valence-corrected chi connectivity index (χ4v) is 1.61. The van der Waals surface area contributed by atoms with Gasteiger partial charge in [0, 0.05) is 5.69 Å². The number of aromatic nitrogens is 1. The van der Waals surface area contributed by atoms with Crippen LogP contribution < -0.4 is 10.6 Å². The van der Waals surface area contributed by atoms with E-state index >= 15 is 0 Å². The van der Waals surface area contributed by atoms with Gasteiger partial charge in [0.05, 0.1) is 11.9 Å². The highest BCUT2D eigenvalue weighted by Gasteiger charge is 2.06. The van der Waals surface area contributed by atoms with Crippen molar-refractivity contribution in [3.8, 4) is 0 Å². The maximum absolute atomic E-state index is 11.7. The molecule has 1 heterocycles. The number of anilines is 2. The lowest BCUT2D eigenvalue weighted by Crippen LogP contribution is -2.19. The van der Waals surface area contributed by atoms with Crippen molar-refractivity contribution in [3.05, 3.63) is 53.9 Å². The van der Waals surface area contributed by atoms with E-state index < -0.39 is 12.0 Å². The molecule has 6 heteroatoms. The Balaban J connectivity index is 1.99. The van der Waals surface area contributed by atoms with Gasteiger partial charge in [0.1, 0.15) is 5.69 Å². The third-order valence-electron chi connectivity index (χ3n) is 2.52. The van der Waals surface area contributed by atoms with E-state index in [4.69, 9.17) is 5.11 Å². The second-order valence-corrected chi connectivity index (χ2v) is 4.19. The van der Waals surface area contributed by atoms with Gasteiger partial charge in [-0.2, -0.15) is 0 Å². The normalized spacial score (nSPS) is 9.85. The molecule has 0 aliphatic heterocycles. The fraction of sp³-hybridized carbons (Fsp3) is 0.0714. The van der Waals surface area contributed by atoms with Crippen LogP contribution in [-0.4, -0.2) is 22.1 Å². The van der Waals surface area contributed by atoms with Crippen LogP contribution in [0.25, 0.3) is 0 Å². The molecule has 0 saturated carbocycles. The van der Waals surface area contributed by atoms with Crippen molar-refractivity contribution in [1.29, 1.82) is 0 Å². The first kappa shape index (κ1) is 13.5. The molecule has 3 N–H and O–H groups in total. The summed E-state index contributed by atoms with van der Waals surface area (Å²) in [4.78, 5) is 26.1. The van der Waals surface area contributed by atoms with Gasteiger partial charge in [-0.15, -0.1) is 0 Å². The maximum Gasteiger partial charge on any atom is 0.354 e. The van der Waals surface area contributed by atoms with Crippen molar-refractivity contribution in [1.82, 2.24) is 4.98 Å². The molecule has 0 radical (unpaired) electrons. The van der Waals surface area contributed by atoms with Crippen LogP contribution in [0, 0.1) is 6.92 Å². The number of carboxylic acid groups (broad SMARTS) is 1. The van der Waals surface area contributed by atoms with Gasteiger partial charge in [-0.3, -0.25) is 0 Å². The van der Waals surface area contributed by atoms with Gasteiger partial charge in [0.25, 0.3) is 0 Å². The van der Waals surface area contributed by atoms with E-state index in [9.17, 15) is 9.59 Å². The highest BCUT2D eigenvalue weighted by atomic mass is 16.4. The van der Waals surface area contributed by atoms with Crippen LogP contribution in [0.5, 0.6) is 0 Å². The van der Waals surface area contributed by atoms with Crippen LogP contribution in [0.4, 0.5) is 16.2 Å². The SMILES string of the molecule is Cc1cccc(NC(=O)Nc2ccc(C(=O)O)nc2)c1. The standard InChI is InChI=1S/C14H13N3O3/c1-9-3-2-4-10(7-9)16-14(20)17-11-5-6-12(13(18)19)15-8-11/h2-8H,1H3,(H,18,19)(H2,16,17,20).